The predicted molar refractivity (Wildman–Crippen MR) is 62.3 cm³/mol. The molecule has 17 heavy (non-hydrogen) atoms. The van der Waals surface area contributed by atoms with Gasteiger partial charge >= 0.3 is 0 Å². The molecule has 4 N–H and O–H groups in total. The van der Waals surface area contributed by atoms with Crippen molar-refractivity contribution in [1.29, 1.82) is 0 Å². The molecule has 2 aromatic rings. The van der Waals surface area contributed by atoms with Gasteiger partial charge in [-0.15, -0.1) is 11.3 Å². The number of hydrogen-bond donors (Lipinski definition) is 3. The fourth-order valence-electron chi connectivity index (χ4n) is 1.17. The minimum absolute atomic E-state index is 0.157. The molecule has 7 nitrogen and oxygen atoms in total. The summed E-state index contributed by atoms with van der Waals surface area (Å²) in [6.45, 7) is 2.12. The van der Waals surface area contributed by atoms with Gasteiger partial charge in [-0.2, -0.15) is 5.10 Å². The summed E-state index contributed by atoms with van der Waals surface area (Å²) >= 11 is 1.38. The highest BCUT2D eigenvalue weighted by molar-refractivity contribution is 7.09. The highest BCUT2D eigenvalue weighted by Crippen LogP contribution is 2.15. The Bertz CT molecular complexity index is 491. The Hall–Kier alpha value is -1.80. The average Bonchev–Trinajstić information content (AvgIpc) is 2.96. The van der Waals surface area contributed by atoms with Crippen molar-refractivity contribution in [2.45, 2.75) is 19.5 Å². The quantitative estimate of drug-likeness (QED) is 0.720. The fraction of sp³-hybridized carbons (Fsp3) is 0.333. The number of nitrogens with two attached hydrogens (primary N) is 1. The molecule has 1 amide bonds. The maximum absolute atomic E-state index is 11.7. The Morgan fingerprint density at radius 1 is 1.71 bits per heavy atom. The van der Waals surface area contributed by atoms with Crippen LogP contribution in [0.5, 0.6) is 0 Å². The summed E-state index contributed by atoms with van der Waals surface area (Å²) in [6, 6.07) is -0.157. The van der Waals surface area contributed by atoms with Gasteiger partial charge in [0.15, 0.2) is 0 Å². The molecule has 0 saturated carbocycles. The highest BCUT2D eigenvalue weighted by atomic mass is 32.1. The second kappa shape index (κ2) is 5.02. The van der Waals surface area contributed by atoms with Crippen molar-refractivity contribution in [2.24, 2.45) is 5.73 Å². The van der Waals surface area contributed by atoms with E-state index in [1.807, 2.05) is 6.92 Å². The zero-order chi connectivity index (χ0) is 12.3. The molecule has 0 aliphatic carbocycles. The van der Waals surface area contributed by atoms with Gasteiger partial charge in [0.05, 0.1) is 12.6 Å². The van der Waals surface area contributed by atoms with E-state index in [0.717, 1.165) is 5.01 Å². The molecular formula is C9H12N6OS. The zero-order valence-electron chi connectivity index (χ0n) is 9.17. The third-order valence-electron chi connectivity index (χ3n) is 2.03. The minimum atomic E-state index is -0.246. The van der Waals surface area contributed by atoms with E-state index in [-0.39, 0.29) is 11.9 Å². The Balaban J connectivity index is 1.95. The van der Waals surface area contributed by atoms with Crippen LogP contribution >= 0.6 is 11.3 Å². The second-order valence-electron chi connectivity index (χ2n) is 3.47. The van der Waals surface area contributed by atoms with E-state index in [1.54, 1.807) is 5.38 Å². The maximum atomic E-state index is 11.7. The summed E-state index contributed by atoms with van der Waals surface area (Å²) < 4.78 is 0. The van der Waals surface area contributed by atoms with Crippen LogP contribution in [0.15, 0.2) is 11.7 Å². The molecule has 0 radical (unpaired) electrons. The first kappa shape index (κ1) is 11.7. The molecule has 0 aliphatic heterocycles. The largest absolute Gasteiger partial charge is 0.343 e. The summed E-state index contributed by atoms with van der Waals surface area (Å²) in [5, 5.41) is 11.5. The number of carbonyl (C=O) groups excluding carboxylic acids is 1. The van der Waals surface area contributed by atoms with Crippen LogP contribution in [-0.2, 0) is 6.54 Å². The third-order valence-corrected chi connectivity index (χ3v) is 3.07. The van der Waals surface area contributed by atoms with Crippen molar-refractivity contribution in [3.8, 4) is 0 Å². The van der Waals surface area contributed by atoms with Crippen LogP contribution in [0, 0.1) is 0 Å². The molecule has 8 heteroatoms. The molecule has 1 unspecified atom stereocenters. The van der Waals surface area contributed by atoms with E-state index in [4.69, 9.17) is 5.73 Å². The first-order valence-electron chi connectivity index (χ1n) is 5.00. The van der Waals surface area contributed by atoms with Crippen molar-refractivity contribution in [2.75, 3.05) is 0 Å². The number of H-pyrrole nitrogens is 1. The summed E-state index contributed by atoms with van der Waals surface area (Å²) in [7, 11) is 0. The van der Waals surface area contributed by atoms with E-state index in [0.29, 0.717) is 18.1 Å². The van der Waals surface area contributed by atoms with Crippen molar-refractivity contribution in [3.63, 3.8) is 0 Å². The van der Waals surface area contributed by atoms with Crippen LogP contribution in [0.3, 0.4) is 0 Å². The van der Waals surface area contributed by atoms with Crippen molar-refractivity contribution in [3.05, 3.63) is 28.2 Å². The topological polar surface area (TPSA) is 110 Å². The van der Waals surface area contributed by atoms with E-state index >= 15 is 0 Å². The molecule has 1 atom stereocenters. The van der Waals surface area contributed by atoms with Crippen LogP contribution in [0.2, 0.25) is 0 Å². The van der Waals surface area contributed by atoms with Crippen molar-refractivity contribution >= 4 is 17.2 Å². The molecule has 0 saturated heterocycles. The van der Waals surface area contributed by atoms with Crippen molar-refractivity contribution in [1.82, 2.24) is 25.5 Å². The van der Waals surface area contributed by atoms with Gasteiger partial charge in [0.25, 0.3) is 5.91 Å². The molecule has 2 aromatic heterocycles. The molecule has 0 bridgehead atoms. The number of amides is 1. The van der Waals surface area contributed by atoms with Gasteiger partial charge in [-0.1, -0.05) is 0 Å². The van der Waals surface area contributed by atoms with Gasteiger partial charge in [-0.3, -0.25) is 9.89 Å². The van der Waals surface area contributed by atoms with Gasteiger partial charge in [0.2, 0.25) is 0 Å². The van der Waals surface area contributed by atoms with Crippen LogP contribution in [0.25, 0.3) is 0 Å². The summed E-state index contributed by atoms with van der Waals surface area (Å²) in [6.07, 6.45) is 1.39. The number of nitrogens with zero attached hydrogens (tertiary/aromatic N) is 3. The summed E-state index contributed by atoms with van der Waals surface area (Å²) in [5.41, 5.74) is 6.05. The summed E-state index contributed by atoms with van der Waals surface area (Å²) in [5.74, 6) is 0.352. The fourth-order valence-corrected chi connectivity index (χ4v) is 1.93. The molecule has 0 spiro atoms. The van der Waals surface area contributed by atoms with Crippen LogP contribution < -0.4 is 11.1 Å². The first-order chi connectivity index (χ1) is 8.16. The molecule has 2 heterocycles. The van der Waals surface area contributed by atoms with Crippen molar-refractivity contribution < 1.29 is 4.79 Å². The number of hydrogen-bond acceptors (Lipinski definition) is 6. The van der Waals surface area contributed by atoms with Crippen LogP contribution in [-0.4, -0.2) is 26.1 Å². The van der Waals surface area contributed by atoms with Gasteiger partial charge in [0.1, 0.15) is 22.9 Å². The second-order valence-corrected chi connectivity index (χ2v) is 4.36. The third kappa shape index (κ3) is 2.86. The number of carbonyl (C=O) groups is 1. The minimum Gasteiger partial charge on any atom is -0.343 e. The summed E-state index contributed by atoms with van der Waals surface area (Å²) in [4.78, 5) is 19.7. The van der Waals surface area contributed by atoms with E-state index in [1.165, 1.54) is 17.7 Å². The number of thiazole rings is 1. The lowest BCUT2D eigenvalue weighted by molar-refractivity contribution is 0.0945. The van der Waals surface area contributed by atoms with Gasteiger partial charge in [0, 0.05) is 5.38 Å². The lowest BCUT2D eigenvalue weighted by atomic mass is 10.4. The van der Waals surface area contributed by atoms with E-state index in [2.05, 4.69) is 25.5 Å². The van der Waals surface area contributed by atoms with Crippen LogP contribution in [0.1, 0.15) is 34.3 Å². The SMILES string of the molecule is CC(N)c1nc(C(=O)NCc2ncn[nH]2)cs1. The Morgan fingerprint density at radius 3 is 3.12 bits per heavy atom. The van der Waals surface area contributed by atoms with E-state index in [9.17, 15) is 4.79 Å². The molecule has 0 fully saturated rings. The monoisotopic (exact) mass is 252 g/mol. The number of aromatic nitrogens is 4. The highest BCUT2D eigenvalue weighted by Gasteiger charge is 2.12. The van der Waals surface area contributed by atoms with Gasteiger partial charge in [-0.05, 0) is 6.92 Å². The lowest BCUT2D eigenvalue weighted by Gasteiger charge is -2.00. The normalized spacial score (nSPS) is 12.4. The number of aromatic amines is 1. The number of rotatable bonds is 4. The zero-order valence-corrected chi connectivity index (χ0v) is 9.99. The first-order valence-corrected chi connectivity index (χ1v) is 5.88. The molecule has 0 aromatic carbocycles. The molecule has 2 rings (SSSR count). The smallest absolute Gasteiger partial charge is 0.271 e. The molecular weight excluding hydrogens is 240 g/mol. The Kier molecular flexibility index (Phi) is 3.45. The standard InChI is InChI=1S/C9H12N6OS/c1-5(10)9-14-6(3-17-9)8(16)11-2-7-12-4-13-15-7/h3-5H,2,10H2,1H3,(H,11,16)(H,12,13,15). The Morgan fingerprint density at radius 2 is 2.53 bits per heavy atom. The maximum Gasteiger partial charge on any atom is 0.271 e. The molecule has 0 aliphatic rings. The van der Waals surface area contributed by atoms with Crippen LogP contribution in [0.4, 0.5) is 0 Å². The molecule has 90 valence electrons. The van der Waals surface area contributed by atoms with E-state index < -0.39 is 0 Å². The number of nitrogens with one attached hydrogen (secondary N) is 2. The van der Waals surface area contributed by atoms with Gasteiger partial charge < -0.3 is 11.1 Å². The van der Waals surface area contributed by atoms with Gasteiger partial charge in [-0.25, -0.2) is 9.97 Å². The predicted octanol–water partition coefficient (Wildman–Crippen LogP) is 0.211. The average molecular weight is 252 g/mol. The lowest BCUT2D eigenvalue weighted by Crippen LogP contribution is -2.24. The Labute approximate surface area is 101 Å².